The maximum atomic E-state index is 12.1. The van der Waals surface area contributed by atoms with E-state index in [4.69, 9.17) is 17.0 Å². The summed E-state index contributed by atoms with van der Waals surface area (Å²) in [4.78, 5) is 12.1. The number of benzene rings is 2. The second-order valence-corrected chi connectivity index (χ2v) is 6.42. The summed E-state index contributed by atoms with van der Waals surface area (Å²) >= 11 is 5.20. The third-order valence-electron chi connectivity index (χ3n) is 3.22. The molecule has 2 rings (SSSR count). The molecule has 0 aliphatic heterocycles. The van der Waals surface area contributed by atoms with Gasteiger partial charge in [0.05, 0.1) is 6.61 Å². The zero-order chi connectivity index (χ0) is 17.5. The zero-order valence-electron chi connectivity index (χ0n) is 14.1. The maximum Gasteiger partial charge on any atom is 0.257 e. The Morgan fingerprint density at radius 3 is 2.54 bits per heavy atom. The highest BCUT2D eigenvalue weighted by Crippen LogP contribution is 2.18. The summed E-state index contributed by atoms with van der Waals surface area (Å²) in [5.41, 5.74) is 2.44. The molecule has 2 N–H and O–H groups in total. The fourth-order valence-corrected chi connectivity index (χ4v) is 2.18. The normalized spacial score (nSPS) is 10.3. The number of ether oxygens (including phenoxy) is 1. The van der Waals surface area contributed by atoms with Crippen LogP contribution in [-0.2, 0) is 0 Å². The first kappa shape index (κ1) is 17.9. The van der Waals surface area contributed by atoms with E-state index in [0.717, 1.165) is 17.0 Å². The lowest BCUT2D eigenvalue weighted by atomic mass is 10.1. The van der Waals surface area contributed by atoms with E-state index in [1.165, 1.54) is 0 Å². The van der Waals surface area contributed by atoms with Crippen molar-refractivity contribution in [1.82, 2.24) is 5.32 Å². The third kappa shape index (κ3) is 5.66. The highest BCUT2D eigenvalue weighted by Gasteiger charge is 2.08. The minimum atomic E-state index is -0.236. The molecule has 0 atom stereocenters. The summed E-state index contributed by atoms with van der Waals surface area (Å²) in [6, 6.07) is 14.8. The summed E-state index contributed by atoms with van der Waals surface area (Å²) in [5.74, 6) is 0.984. The summed E-state index contributed by atoms with van der Waals surface area (Å²) in [6.07, 6.45) is 0. The van der Waals surface area contributed by atoms with Crippen molar-refractivity contribution in [2.75, 3.05) is 11.9 Å². The summed E-state index contributed by atoms with van der Waals surface area (Å²) in [6.45, 7) is 6.82. The second kappa shape index (κ2) is 8.45. The van der Waals surface area contributed by atoms with Crippen molar-refractivity contribution in [3.8, 4) is 5.75 Å². The van der Waals surface area contributed by atoms with E-state index in [-0.39, 0.29) is 11.0 Å². The lowest BCUT2D eigenvalue weighted by molar-refractivity contribution is 0.0977. The molecular formula is C19H22N2O2S. The first-order valence-electron chi connectivity index (χ1n) is 7.86. The van der Waals surface area contributed by atoms with Crippen LogP contribution in [0.15, 0.2) is 48.5 Å². The van der Waals surface area contributed by atoms with Gasteiger partial charge < -0.3 is 10.1 Å². The molecule has 2 aromatic carbocycles. The molecule has 24 heavy (non-hydrogen) atoms. The Morgan fingerprint density at radius 1 is 1.17 bits per heavy atom. The number of amides is 1. The first-order valence-corrected chi connectivity index (χ1v) is 8.26. The van der Waals surface area contributed by atoms with Crippen molar-refractivity contribution in [3.05, 3.63) is 59.7 Å². The summed E-state index contributed by atoms with van der Waals surface area (Å²) in [5, 5.41) is 5.93. The van der Waals surface area contributed by atoms with Crippen molar-refractivity contribution < 1.29 is 9.53 Å². The van der Waals surface area contributed by atoms with Gasteiger partial charge in [0.25, 0.3) is 5.91 Å². The number of hydrogen-bond acceptors (Lipinski definition) is 3. The van der Waals surface area contributed by atoms with E-state index in [1.807, 2.05) is 43.3 Å². The van der Waals surface area contributed by atoms with Gasteiger partial charge in [0.15, 0.2) is 5.11 Å². The van der Waals surface area contributed by atoms with Crippen LogP contribution in [-0.4, -0.2) is 17.6 Å². The van der Waals surface area contributed by atoms with Crippen LogP contribution >= 0.6 is 12.2 Å². The van der Waals surface area contributed by atoms with Crippen molar-refractivity contribution in [2.45, 2.75) is 20.8 Å². The van der Waals surface area contributed by atoms with Gasteiger partial charge >= 0.3 is 0 Å². The van der Waals surface area contributed by atoms with E-state index >= 15 is 0 Å². The average molecular weight is 342 g/mol. The highest BCUT2D eigenvalue weighted by atomic mass is 32.1. The Hall–Kier alpha value is -2.40. The largest absolute Gasteiger partial charge is 0.493 e. The van der Waals surface area contributed by atoms with Gasteiger partial charge in [-0.3, -0.25) is 10.1 Å². The Bertz CT molecular complexity index is 712. The number of carbonyl (C=O) groups excluding carboxylic acids is 1. The topological polar surface area (TPSA) is 50.4 Å². The van der Waals surface area contributed by atoms with Gasteiger partial charge in [-0.15, -0.1) is 0 Å². The molecule has 0 bridgehead atoms. The van der Waals surface area contributed by atoms with Crippen molar-refractivity contribution in [2.24, 2.45) is 5.92 Å². The molecule has 0 heterocycles. The Kier molecular flexibility index (Phi) is 6.32. The SMILES string of the molecule is Cc1ccc(C(=O)NC(=S)Nc2cccc(OCC(C)C)c2)cc1. The van der Waals surface area contributed by atoms with E-state index in [2.05, 4.69) is 24.5 Å². The molecule has 126 valence electrons. The smallest absolute Gasteiger partial charge is 0.257 e. The number of anilines is 1. The van der Waals surface area contributed by atoms with E-state index in [0.29, 0.717) is 18.1 Å². The minimum absolute atomic E-state index is 0.236. The molecule has 0 saturated heterocycles. The molecule has 5 heteroatoms. The first-order chi connectivity index (χ1) is 11.4. The predicted molar refractivity (Wildman–Crippen MR) is 102 cm³/mol. The van der Waals surface area contributed by atoms with E-state index < -0.39 is 0 Å². The number of hydrogen-bond donors (Lipinski definition) is 2. The van der Waals surface area contributed by atoms with Crippen LogP contribution in [0.1, 0.15) is 29.8 Å². The van der Waals surface area contributed by atoms with Crippen molar-refractivity contribution >= 4 is 28.9 Å². The number of thiocarbonyl (C=S) groups is 1. The molecule has 0 aliphatic rings. The lowest BCUT2D eigenvalue weighted by Crippen LogP contribution is -2.34. The van der Waals surface area contributed by atoms with Gasteiger partial charge in [0, 0.05) is 17.3 Å². The average Bonchev–Trinajstić information content (AvgIpc) is 2.53. The maximum absolute atomic E-state index is 12.1. The quantitative estimate of drug-likeness (QED) is 0.801. The molecule has 0 aliphatic carbocycles. The monoisotopic (exact) mass is 342 g/mol. The molecule has 1 amide bonds. The highest BCUT2D eigenvalue weighted by molar-refractivity contribution is 7.80. The molecular weight excluding hydrogens is 320 g/mol. The van der Waals surface area contributed by atoms with Gasteiger partial charge in [-0.25, -0.2) is 0 Å². The standard InChI is InChI=1S/C19H22N2O2S/c1-13(2)12-23-17-6-4-5-16(11-17)20-19(24)21-18(22)15-9-7-14(3)8-10-15/h4-11,13H,12H2,1-3H3,(H2,20,21,22,24). The molecule has 0 radical (unpaired) electrons. The Balaban J connectivity index is 1.93. The Labute approximate surface area is 148 Å². The minimum Gasteiger partial charge on any atom is -0.493 e. The van der Waals surface area contributed by atoms with Gasteiger partial charge in [-0.05, 0) is 49.3 Å². The van der Waals surface area contributed by atoms with Crippen LogP contribution in [0.4, 0.5) is 5.69 Å². The molecule has 0 saturated carbocycles. The van der Waals surface area contributed by atoms with E-state index in [1.54, 1.807) is 12.1 Å². The predicted octanol–water partition coefficient (Wildman–Crippen LogP) is 4.16. The van der Waals surface area contributed by atoms with Crippen LogP contribution in [0, 0.1) is 12.8 Å². The number of nitrogens with one attached hydrogen (secondary N) is 2. The third-order valence-corrected chi connectivity index (χ3v) is 3.42. The van der Waals surface area contributed by atoms with Crippen LogP contribution < -0.4 is 15.4 Å². The lowest BCUT2D eigenvalue weighted by Gasteiger charge is -2.12. The molecule has 0 unspecified atom stereocenters. The number of aryl methyl sites for hydroxylation is 1. The van der Waals surface area contributed by atoms with Crippen molar-refractivity contribution in [1.29, 1.82) is 0 Å². The van der Waals surface area contributed by atoms with Crippen LogP contribution in [0.25, 0.3) is 0 Å². The summed E-state index contributed by atoms with van der Waals surface area (Å²) < 4.78 is 5.68. The van der Waals surface area contributed by atoms with E-state index in [9.17, 15) is 4.79 Å². The summed E-state index contributed by atoms with van der Waals surface area (Å²) in [7, 11) is 0. The molecule has 0 spiro atoms. The Morgan fingerprint density at radius 2 is 1.88 bits per heavy atom. The van der Waals surface area contributed by atoms with Gasteiger partial charge in [-0.1, -0.05) is 37.6 Å². The van der Waals surface area contributed by atoms with Crippen LogP contribution in [0.3, 0.4) is 0 Å². The van der Waals surface area contributed by atoms with Gasteiger partial charge in [0.2, 0.25) is 0 Å². The van der Waals surface area contributed by atoms with Gasteiger partial charge in [-0.2, -0.15) is 0 Å². The molecule has 0 fully saturated rings. The van der Waals surface area contributed by atoms with Crippen molar-refractivity contribution in [3.63, 3.8) is 0 Å². The second-order valence-electron chi connectivity index (χ2n) is 6.01. The fraction of sp³-hybridized carbons (Fsp3) is 0.263. The number of carbonyl (C=O) groups is 1. The molecule has 2 aromatic rings. The van der Waals surface area contributed by atoms with Crippen LogP contribution in [0.2, 0.25) is 0 Å². The van der Waals surface area contributed by atoms with Gasteiger partial charge in [0.1, 0.15) is 5.75 Å². The molecule has 4 nitrogen and oxygen atoms in total. The van der Waals surface area contributed by atoms with Crippen LogP contribution in [0.5, 0.6) is 5.75 Å². The number of rotatable bonds is 5. The zero-order valence-corrected chi connectivity index (χ0v) is 14.9. The fourth-order valence-electron chi connectivity index (χ4n) is 1.97. The molecule has 0 aromatic heterocycles.